The van der Waals surface area contributed by atoms with E-state index in [1.807, 2.05) is 0 Å². The number of sulfonamides is 1. The van der Waals surface area contributed by atoms with Crippen molar-refractivity contribution in [3.05, 3.63) is 50.9 Å². The van der Waals surface area contributed by atoms with Crippen LogP contribution < -0.4 is 16.1 Å². The second-order valence-corrected chi connectivity index (χ2v) is 7.88. The zero-order valence-corrected chi connectivity index (χ0v) is 15.1. The highest BCUT2D eigenvalue weighted by Gasteiger charge is 2.30. The van der Waals surface area contributed by atoms with E-state index in [0.29, 0.717) is 0 Å². The Hall–Kier alpha value is -2.53. The molecule has 1 aromatic heterocycles. The molecular formula is C15H18FN5O4S. The first-order valence-corrected chi connectivity index (χ1v) is 9.31. The summed E-state index contributed by atoms with van der Waals surface area (Å²) in [6.07, 6.45) is 0. The maximum atomic E-state index is 13.3. The first-order valence-electron chi connectivity index (χ1n) is 7.87. The van der Waals surface area contributed by atoms with Crippen molar-refractivity contribution in [1.29, 1.82) is 0 Å². The Balaban J connectivity index is 1.82. The van der Waals surface area contributed by atoms with Crippen molar-refractivity contribution < 1.29 is 12.8 Å². The molecule has 1 saturated heterocycles. The predicted molar refractivity (Wildman–Crippen MR) is 92.1 cm³/mol. The minimum Gasteiger partial charge on any atom is -0.348 e. The summed E-state index contributed by atoms with van der Waals surface area (Å²) in [6.45, 7) is 0.697. The summed E-state index contributed by atoms with van der Waals surface area (Å²) in [6, 6.07) is 4.84. The number of aryl methyl sites for hydroxylation is 1. The van der Waals surface area contributed by atoms with E-state index in [1.165, 1.54) is 36.6 Å². The molecule has 2 aromatic rings. The van der Waals surface area contributed by atoms with Gasteiger partial charge in [-0.05, 0) is 18.2 Å². The fourth-order valence-electron chi connectivity index (χ4n) is 2.80. The summed E-state index contributed by atoms with van der Waals surface area (Å²) in [5, 5.41) is 3.99. The summed E-state index contributed by atoms with van der Waals surface area (Å²) >= 11 is 0. The number of piperazine rings is 1. The van der Waals surface area contributed by atoms with Gasteiger partial charge in [-0.3, -0.25) is 9.36 Å². The summed E-state index contributed by atoms with van der Waals surface area (Å²) < 4.78 is 41.8. The smallest absolute Gasteiger partial charge is 0.346 e. The second-order valence-electron chi connectivity index (χ2n) is 5.94. The zero-order chi connectivity index (χ0) is 19.1. The molecule has 1 aromatic carbocycles. The van der Waals surface area contributed by atoms with E-state index < -0.39 is 27.1 Å². The Bertz CT molecular complexity index is 1050. The molecule has 3 rings (SSSR count). The Morgan fingerprint density at radius 1 is 1.08 bits per heavy atom. The molecule has 26 heavy (non-hydrogen) atoms. The maximum Gasteiger partial charge on any atom is 0.346 e. The maximum absolute atomic E-state index is 13.3. The van der Waals surface area contributed by atoms with E-state index in [0.717, 1.165) is 15.3 Å². The largest absolute Gasteiger partial charge is 0.348 e. The molecule has 9 nitrogen and oxygen atoms in total. The van der Waals surface area contributed by atoms with Crippen LogP contribution in [0.25, 0.3) is 0 Å². The molecule has 0 unspecified atom stereocenters. The molecule has 0 spiro atoms. The molecule has 0 saturated carbocycles. The average molecular weight is 383 g/mol. The van der Waals surface area contributed by atoms with E-state index in [2.05, 4.69) is 5.10 Å². The van der Waals surface area contributed by atoms with Gasteiger partial charge in [0.15, 0.2) is 0 Å². The summed E-state index contributed by atoms with van der Waals surface area (Å²) in [5.74, 6) is -0.528. The van der Waals surface area contributed by atoms with Gasteiger partial charge in [0, 0.05) is 40.3 Å². The van der Waals surface area contributed by atoms with E-state index in [1.54, 1.807) is 4.90 Å². The molecule has 1 aliphatic rings. The highest BCUT2D eigenvalue weighted by atomic mass is 32.2. The third-order valence-corrected chi connectivity index (χ3v) is 6.17. The van der Waals surface area contributed by atoms with Gasteiger partial charge in [0.05, 0.1) is 4.90 Å². The monoisotopic (exact) mass is 383 g/mol. The molecule has 0 aliphatic carbocycles. The van der Waals surface area contributed by atoms with Crippen LogP contribution >= 0.6 is 0 Å². The lowest BCUT2D eigenvalue weighted by molar-refractivity contribution is 0.381. The molecule has 0 amide bonds. The van der Waals surface area contributed by atoms with E-state index in [4.69, 9.17) is 0 Å². The van der Waals surface area contributed by atoms with Gasteiger partial charge in [0.25, 0.3) is 5.56 Å². The standard InChI is InChI=1S/C15H18FN5O4S/c1-18-14(22)13(17-19(2)15(18)23)20-6-8-21(9-7-20)26(24,25)12-5-3-4-11(16)10-12/h3-5,10H,6-9H2,1-2H3. The fraction of sp³-hybridized carbons (Fsp3) is 0.400. The highest BCUT2D eigenvalue weighted by Crippen LogP contribution is 2.19. The third-order valence-electron chi connectivity index (χ3n) is 4.28. The van der Waals surface area contributed by atoms with Crippen LogP contribution in [-0.2, 0) is 24.1 Å². The number of anilines is 1. The van der Waals surface area contributed by atoms with Gasteiger partial charge in [-0.15, -0.1) is 5.10 Å². The molecule has 0 bridgehead atoms. The van der Waals surface area contributed by atoms with Crippen LogP contribution in [0.2, 0.25) is 0 Å². The summed E-state index contributed by atoms with van der Waals surface area (Å²) in [4.78, 5) is 25.5. The minimum atomic E-state index is -3.82. The van der Waals surface area contributed by atoms with Gasteiger partial charge < -0.3 is 4.90 Å². The Morgan fingerprint density at radius 3 is 2.35 bits per heavy atom. The SMILES string of the molecule is Cn1nc(N2CCN(S(=O)(=O)c3cccc(F)c3)CC2)c(=O)n(C)c1=O. The van der Waals surface area contributed by atoms with Crippen LogP contribution in [0.5, 0.6) is 0 Å². The topological polar surface area (TPSA) is 97.5 Å². The number of nitrogens with zero attached hydrogens (tertiary/aromatic N) is 5. The summed E-state index contributed by atoms with van der Waals surface area (Å²) in [5.41, 5.74) is -1.07. The lowest BCUT2D eigenvalue weighted by Gasteiger charge is -2.34. The van der Waals surface area contributed by atoms with Gasteiger partial charge in [-0.25, -0.2) is 22.3 Å². The van der Waals surface area contributed by atoms with Gasteiger partial charge in [0.2, 0.25) is 15.8 Å². The number of hydrogen-bond acceptors (Lipinski definition) is 6. The van der Waals surface area contributed by atoms with E-state index >= 15 is 0 Å². The number of hydrogen-bond donors (Lipinski definition) is 0. The second kappa shape index (κ2) is 6.65. The normalized spacial score (nSPS) is 16.0. The van der Waals surface area contributed by atoms with Gasteiger partial charge in [-0.2, -0.15) is 4.31 Å². The highest BCUT2D eigenvalue weighted by molar-refractivity contribution is 7.89. The van der Waals surface area contributed by atoms with Gasteiger partial charge in [0.1, 0.15) is 5.82 Å². The van der Waals surface area contributed by atoms with Crippen LogP contribution in [0.3, 0.4) is 0 Å². The van der Waals surface area contributed by atoms with Crippen LogP contribution in [0.4, 0.5) is 10.2 Å². The lowest BCUT2D eigenvalue weighted by atomic mass is 10.3. The van der Waals surface area contributed by atoms with E-state index in [-0.39, 0.29) is 36.9 Å². The van der Waals surface area contributed by atoms with Crippen LogP contribution in [0, 0.1) is 5.82 Å². The molecular weight excluding hydrogens is 365 g/mol. The first-order chi connectivity index (χ1) is 12.2. The van der Waals surface area contributed by atoms with Crippen molar-refractivity contribution in [3.8, 4) is 0 Å². The average Bonchev–Trinajstić information content (AvgIpc) is 2.63. The lowest BCUT2D eigenvalue weighted by Crippen LogP contribution is -2.52. The molecule has 1 fully saturated rings. The number of halogens is 1. The Kier molecular flexibility index (Phi) is 4.67. The summed E-state index contributed by atoms with van der Waals surface area (Å²) in [7, 11) is -1.01. The Morgan fingerprint density at radius 2 is 1.73 bits per heavy atom. The zero-order valence-electron chi connectivity index (χ0n) is 14.3. The van der Waals surface area contributed by atoms with Crippen molar-refractivity contribution in [3.63, 3.8) is 0 Å². The van der Waals surface area contributed by atoms with Crippen molar-refractivity contribution in [1.82, 2.24) is 18.7 Å². The van der Waals surface area contributed by atoms with Gasteiger partial charge in [-0.1, -0.05) is 6.07 Å². The van der Waals surface area contributed by atoms with Gasteiger partial charge >= 0.3 is 5.69 Å². The van der Waals surface area contributed by atoms with Crippen molar-refractivity contribution >= 4 is 15.8 Å². The number of benzene rings is 1. The number of rotatable bonds is 3. The van der Waals surface area contributed by atoms with Crippen molar-refractivity contribution in [2.24, 2.45) is 14.1 Å². The molecule has 2 heterocycles. The quantitative estimate of drug-likeness (QED) is 0.684. The number of aromatic nitrogens is 3. The third kappa shape index (κ3) is 3.15. The molecule has 140 valence electrons. The molecule has 0 N–H and O–H groups in total. The van der Waals surface area contributed by atoms with E-state index in [9.17, 15) is 22.4 Å². The van der Waals surface area contributed by atoms with Crippen LogP contribution in [0.1, 0.15) is 0 Å². The predicted octanol–water partition coefficient (Wildman–Crippen LogP) is -0.871. The van der Waals surface area contributed by atoms with Crippen LogP contribution in [-0.4, -0.2) is 53.2 Å². The molecule has 0 radical (unpaired) electrons. The molecule has 11 heteroatoms. The minimum absolute atomic E-state index is 0.0948. The molecule has 1 aliphatic heterocycles. The van der Waals surface area contributed by atoms with Crippen molar-refractivity contribution in [2.75, 3.05) is 31.1 Å². The first kappa shape index (κ1) is 18.3. The molecule has 0 atom stereocenters. The van der Waals surface area contributed by atoms with Crippen LogP contribution in [0.15, 0.2) is 38.8 Å². The Labute approximate surface area is 148 Å². The van der Waals surface area contributed by atoms with Crippen molar-refractivity contribution in [2.45, 2.75) is 4.90 Å². The fourth-order valence-corrected chi connectivity index (χ4v) is 4.25.